The van der Waals surface area contributed by atoms with E-state index in [1.807, 2.05) is 23.1 Å². The minimum Gasteiger partial charge on any atom is -0.313 e. The number of hydrogen-bond acceptors (Lipinski definition) is 2. The Balaban J connectivity index is 2.16. The molecule has 1 aliphatic rings. The van der Waals surface area contributed by atoms with Crippen LogP contribution in [0.4, 0.5) is 0 Å². The van der Waals surface area contributed by atoms with Crippen LogP contribution in [0.5, 0.6) is 0 Å². The fourth-order valence-corrected chi connectivity index (χ4v) is 1.58. The van der Waals surface area contributed by atoms with Gasteiger partial charge in [0.25, 0.3) is 0 Å². The van der Waals surface area contributed by atoms with Crippen LogP contribution in [0.15, 0.2) is 18.5 Å². The first-order valence-corrected chi connectivity index (χ1v) is 4.28. The van der Waals surface area contributed by atoms with Gasteiger partial charge in [0, 0.05) is 31.0 Å². The summed E-state index contributed by atoms with van der Waals surface area (Å²) < 4.78 is 2.01. The van der Waals surface area contributed by atoms with E-state index >= 15 is 0 Å². The number of aromatic nitrogens is 1. The fourth-order valence-electron chi connectivity index (χ4n) is 1.58. The Bertz CT molecular complexity index is 274. The molecule has 1 fully saturated rings. The largest absolute Gasteiger partial charge is 0.313 e. The molecule has 0 bridgehead atoms. The van der Waals surface area contributed by atoms with Crippen molar-refractivity contribution < 1.29 is 4.79 Å². The molecule has 64 valence electrons. The third-order valence-corrected chi connectivity index (χ3v) is 2.25. The lowest BCUT2D eigenvalue weighted by molar-refractivity contribution is 0.112. The second-order valence-electron chi connectivity index (χ2n) is 3.10. The highest BCUT2D eigenvalue weighted by Gasteiger charge is 2.11. The van der Waals surface area contributed by atoms with Gasteiger partial charge in [-0.25, -0.2) is 0 Å². The summed E-state index contributed by atoms with van der Waals surface area (Å²) >= 11 is 0. The first-order valence-electron chi connectivity index (χ1n) is 4.28. The minimum atomic E-state index is 0.752. The zero-order valence-corrected chi connectivity index (χ0v) is 6.94. The van der Waals surface area contributed by atoms with Crippen LogP contribution < -0.4 is 5.01 Å². The average Bonchev–Trinajstić information content (AvgIpc) is 2.75. The van der Waals surface area contributed by atoms with Crippen molar-refractivity contribution in [1.29, 1.82) is 0 Å². The van der Waals surface area contributed by atoms with Gasteiger partial charge >= 0.3 is 0 Å². The Morgan fingerprint density at radius 2 is 2.08 bits per heavy atom. The maximum absolute atomic E-state index is 10.4. The van der Waals surface area contributed by atoms with Crippen molar-refractivity contribution in [3.8, 4) is 0 Å². The predicted molar refractivity (Wildman–Crippen MR) is 47.0 cm³/mol. The molecule has 1 aliphatic heterocycles. The van der Waals surface area contributed by atoms with Gasteiger partial charge in [-0.05, 0) is 18.9 Å². The standard InChI is InChI=1S/C9H12N2O/c12-8-9-3-6-11(7-9)10-4-1-2-5-10/h3,6-8H,1-2,4-5H2. The Morgan fingerprint density at radius 1 is 1.33 bits per heavy atom. The molecule has 1 aromatic heterocycles. The van der Waals surface area contributed by atoms with Gasteiger partial charge in [-0.15, -0.1) is 0 Å². The molecule has 0 atom stereocenters. The third-order valence-electron chi connectivity index (χ3n) is 2.25. The zero-order valence-electron chi connectivity index (χ0n) is 6.94. The zero-order chi connectivity index (χ0) is 8.39. The lowest BCUT2D eigenvalue weighted by Gasteiger charge is -2.18. The van der Waals surface area contributed by atoms with Crippen molar-refractivity contribution >= 4 is 6.29 Å². The molecule has 0 aromatic carbocycles. The van der Waals surface area contributed by atoms with Crippen LogP contribution in [0.3, 0.4) is 0 Å². The number of nitrogens with zero attached hydrogens (tertiary/aromatic N) is 2. The normalized spacial score (nSPS) is 16.8. The van der Waals surface area contributed by atoms with Crippen LogP contribution >= 0.6 is 0 Å². The van der Waals surface area contributed by atoms with Gasteiger partial charge in [0.05, 0.1) is 0 Å². The maximum atomic E-state index is 10.4. The topological polar surface area (TPSA) is 25.2 Å². The van der Waals surface area contributed by atoms with E-state index in [9.17, 15) is 4.79 Å². The average molecular weight is 164 g/mol. The van der Waals surface area contributed by atoms with E-state index in [4.69, 9.17) is 0 Å². The van der Waals surface area contributed by atoms with Crippen molar-refractivity contribution in [2.24, 2.45) is 0 Å². The van der Waals surface area contributed by atoms with E-state index in [1.54, 1.807) is 0 Å². The molecular formula is C9H12N2O. The van der Waals surface area contributed by atoms with Crippen molar-refractivity contribution in [3.05, 3.63) is 24.0 Å². The van der Waals surface area contributed by atoms with Crippen molar-refractivity contribution in [3.63, 3.8) is 0 Å². The van der Waals surface area contributed by atoms with Crippen LogP contribution in [-0.2, 0) is 0 Å². The van der Waals surface area contributed by atoms with Crippen LogP contribution in [-0.4, -0.2) is 24.1 Å². The number of rotatable bonds is 2. The molecule has 0 aliphatic carbocycles. The summed E-state index contributed by atoms with van der Waals surface area (Å²) in [7, 11) is 0. The van der Waals surface area contributed by atoms with Crippen molar-refractivity contribution in [2.75, 3.05) is 18.1 Å². The SMILES string of the molecule is O=Cc1ccn(N2CCCC2)c1. The lowest BCUT2D eigenvalue weighted by atomic mass is 10.4. The van der Waals surface area contributed by atoms with Crippen LogP contribution in [0.25, 0.3) is 0 Å². The molecule has 2 rings (SSSR count). The van der Waals surface area contributed by atoms with Gasteiger partial charge in [0.2, 0.25) is 0 Å². The molecule has 0 radical (unpaired) electrons. The monoisotopic (exact) mass is 164 g/mol. The molecule has 3 nitrogen and oxygen atoms in total. The highest BCUT2D eigenvalue weighted by atomic mass is 16.1. The van der Waals surface area contributed by atoms with E-state index in [2.05, 4.69) is 5.01 Å². The molecule has 1 aromatic rings. The van der Waals surface area contributed by atoms with E-state index in [-0.39, 0.29) is 0 Å². The molecule has 0 unspecified atom stereocenters. The van der Waals surface area contributed by atoms with E-state index in [0.717, 1.165) is 24.9 Å². The lowest BCUT2D eigenvalue weighted by Crippen LogP contribution is -2.29. The van der Waals surface area contributed by atoms with Gasteiger partial charge in [0.15, 0.2) is 6.29 Å². The van der Waals surface area contributed by atoms with Gasteiger partial charge < -0.3 is 5.01 Å². The van der Waals surface area contributed by atoms with E-state index in [0.29, 0.717) is 0 Å². The fraction of sp³-hybridized carbons (Fsp3) is 0.444. The van der Waals surface area contributed by atoms with Gasteiger partial charge in [-0.3, -0.25) is 9.47 Å². The van der Waals surface area contributed by atoms with Gasteiger partial charge in [0.1, 0.15) is 0 Å². The van der Waals surface area contributed by atoms with Crippen LogP contribution in [0.2, 0.25) is 0 Å². The van der Waals surface area contributed by atoms with E-state index in [1.165, 1.54) is 12.8 Å². The predicted octanol–water partition coefficient (Wildman–Crippen LogP) is 1.03. The van der Waals surface area contributed by atoms with Crippen LogP contribution in [0, 0.1) is 0 Å². The second-order valence-corrected chi connectivity index (χ2v) is 3.10. The summed E-state index contributed by atoms with van der Waals surface area (Å²) in [6.07, 6.45) is 7.21. The molecule has 1 saturated heterocycles. The Morgan fingerprint density at radius 3 is 2.67 bits per heavy atom. The Labute approximate surface area is 71.6 Å². The molecule has 12 heavy (non-hydrogen) atoms. The highest BCUT2D eigenvalue weighted by Crippen LogP contribution is 2.08. The summed E-state index contributed by atoms with van der Waals surface area (Å²) in [4.78, 5) is 10.4. The van der Waals surface area contributed by atoms with Crippen LogP contribution in [0.1, 0.15) is 23.2 Å². The third kappa shape index (κ3) is 1.22. The maximum Gasteiger partial charge on any atom is 0.151 e. The van der Waals surface area contributed by atoms with Gasteiger partial charge in [-0.2, -0.15) is 0 Å². The summed E-state index contributed by atoms with van der Waals surface area (Å²) in [6, 6.07) is 1.84. The Hall–Kier alpha value is -1.25. The smallest absolute Gasteiger partial charge is 0.151 e. The minimum absolute atomic E-state index is 0.752. The first-order chi connectivity index (χ1) is 5.90. The molecule has 0 saturated carbocycles. The molecule has 2 heterocycles. The van der Waals surface area contributed by atoms with E-state index < -0.39 is 0 Å². The van der Waals surface area contributed by atoms with Crippen molar-refractivity contribution in [2.45, 2.75) is 12.8 Å². The molecule has 0 spiro atoms. The van der Waals surface area contributed by atoms with Crippen molar-refractivity contribution in [1.82, 2.24) is 4.68 Å². The second kappa shape index (κ2) is 3.01. The summed E-state index contributed by atoms with van der Waals surface area (Å²) in [5.74, 6) is 0. The van der Waals surface area contributed by atoms with Gasteiger partial charge in [-0.1, -0.05) is 0 Å². The first kappa shape index (κ1) is 7.40. The number of hydrogen-bond donors (Lipinski definition) is 0. The summed E-state index contributed by atoms with van der Waals surface area (Å²) in [5, 5.41) is 2.24. The molecule has 3 heteroatoms. The molecule has 0 amide bonds. The molecular weight excluding hydrogens is 152 g/mol. The number of carbonyl (C=O) groups is 1. The highest BCUT2D eigenvalue weighted by molar-refractivity contribution is 5.74. The number of aldehydes is 1. The summed E-state index contributed by atoms with van der Waals surface area (Å²) in [6.45, 7) is 2.21. The number of carbonyl (C=O) groups excluding carboxylic acids is 1. The Kier molecular flexibility index (Phi) is 1.86. The quantitative estimate of drug-likeness (QED) is 0.610. The summed E-state index contributed by atoms with van der Waals surface area (Å²) in [5.41, 5.74) is 0.752. The molecule has 0 N–H and O–H groups in total.